The molecule has 1 aromatic carbocycles. The van der Waals surface area contributed by atoms with Gasteiger partial charge in [-0.05, 0) is 43.4 Å². The SMILES string of the molecule is COc1cccc2[nH]c(C(=O)N[C@@H](CC(C)C)C(=O)N[C@@H](C[C@@H]3CCNC3=O)C(C#N)SCCNCC(=O)O)cc12. The van der Waals surface area contributed by atoms with Gasteiger partial charge in [0.2, 0.25) is 11.8 Å². The van der Waals surface area contributed by atoms with Crippen LogP contribution in [0.25, 0.3) is 10.9 Å². The minimum atomic E-state index is -0.978. The number of hydrogen-bond donors (Lipinski definition) is 6. The first-order chi connectivity index (χ1) is 19.6. The van der Waals surface area contributed by atoms with Crippen LogP contribution in [0.1, 0.15) is 43.6 Å². The average molecular weight is 587 g/mol. The Balaban J connectivity index is 1.75. The van der Waals surface area contributed by atoms with Crippen LogP contribution in [-0.4, -0.2) is 83.6 Å². The highest BCUT2D eigenvalue weighted by Crippen LogP contribution is 2.26. The normalized spacial score (nSPS) is 17.0. The fourth-order valence-corrected chi connectivity index (χ4v) is 5.78. The average Bonchev–Trinajstić information content (AvgIpc) is 3.55. The molecule has 1 aromatic heterocycles. The van der Waals surface area contributed by atoms with Gasteiger partial charge in [0, 0.05) is 35.7 Å². The van der Waals surface area contributed by atoms with Crippen LogP contribution in [0.4, 0.5) is 0 Å². The Morgan fingerprint density at radius 2 is 2.05 bits per heavy atom. The van der Waals surface area contributed by atoms with Crippen LogP contribution in [0, 0.1) is 23.2 Å². The van der Waals surface area contributed by atoms with Crippen LogP contribution in [0.2, 0.25) is 0 Å². The zero-order chi connectivity index (χ0) is 29.9. The lowest BCUT2D eigenvalue weighted by Crippen LogP contribution is -2.53. The predicted octanol–water partition coefficient (Wildman–Crippen LogP) is 1.63. The molecule has 0 bridgehead atoms. The van der Waals surface area contributed by atoms with Gasteiger partial charge in [-0.2, -0.15) is 5.26 Å². The quantitative estimate of drug-likeness (QED) is 0.159. The molecule has 41 heavy (non-hydrogen) atoms. The van der Waals surface area contributed by atoms with Gasteiger partial charge in [-0.3, -0.25) is 19.2 Å². The molecule has 12 nitrogen and oxygen atoms in total. The molecule has 6 N–H and O–H groups in total. The van der Waals surface area contributed by atoms with Gasteiger partial charge < -0.3 is 36.1 Å². The molecule has 3 amide bonds. The number of fused-ring (bicyclic) bond motifs is 1. The molecule has 0 spiro atoms. The van der Waals surface area contributed by atoms with Crippen LogP contribution in [0.3, 0.4) is 0 Å². The van der Waals surface area contributed by atoms with Gasteiger partial charge in [0.25, 0.3) is 5.91 Å². The van der Waals surface area contributed by atoms with Crippen molar-refractivity contribution in [2.75, 3.05) is 32.5 Å². The number of ether oxygens (including phenoxy) is 1. The summed E-state index contributed by atoms with van der Waals surface area (Å²) < 4.78 is 5.38. The Morgan fingerprint density at radius 3 is 2.68 bits per heavy atom. The summed E-state index contributed by atoms with van der Waals surface area (Å²) in [6.07, 6.45) is 1.24. The number of hydrogen-bond acceptors (Lipinski definition) is 8. The smallest absolute Gasteiger partial charge is 0.317 e. The second-order valence-corrected chi connectivity index (χ2v) is 11.6. The summed E-state index contributed by atoms with van der Waals surface area (Å²) in [5, 5.41) is 30.2. The number of methoxy groups -OCH3 is 1. The number of benzene rings is 1. The van der Waals surface area contributed by atoms with Crippen LogP contribution >= 0.6 is 11.8 Å². The number of carboxylic acids is 1. The molecule has 2 heterocycles. The van der Waals surface area contributed by atoms with E-state index in [-0.39, 0.29) is 36.4 Å². The molecule has 1 saturated heterocycles. The number of nitrogens with zero attached hydrogens (tertiary/aromatic N) is 1. The number of aromatic nitrogens is 1. The molecule has 3 rings (SSSR count). The fraction of sp³-hybridized carbons (Fsp3) is 0.536. The van der Waals surface area contributed by atoms with Gasteiger partial charge in [0.15, 0.2) is 0 Å². The Hall–Kier alpha value is -3.76. The van der Waals surface area contributed by atoms with Crippen molar-refractivity contribution in [1.82, 2.24) is 26.3 Å². The van der Waals surface area contributed by atoms with E-state index >= 15 is 0 Å². The van der Waals surface area contributed by atoms with E-state index in [1.807, 2.05) is 26.0 Å². The molecule has 1 unspecified atom stereocenters. The zero-order valence-corrected chi connectivity index (χ0v) is 24.3. The zero-order valence-electron chi connectivity index (χ0n) is 23.5. The van der Waals surface area contributed by atoms with Crippen molar-refractivity contribution in [3.05, 3.63) is 30.0 Å². The summed E-state index contributed by atoms with van der Waals surface area (Å²) in [7, 11) is 1.55. The van der Waals surface area contributed by atoms with Crippen molar-refractivity contribution < 1.29 is 29.0 Å². The second kappa shape index (κ2) is 15.3. The topological polar surface area (TPSA) is 185 Å². The highest BCUT2D eigenvalue weighted by Gasteiger charge is 2.34. The number of aromatic amines is 1. The molecule has 1 fully saturated rings. The lowest BCUT2D eigenvalue weighted by Gasteiger charge is -2.28. The number of rotatable bonds is 16. The summed E-state index contributed by atoms with van der Waals surface area (Å²) in [6.45, 7) is 4.59. The standard InChI is InChI=1S/C28H38N6O6S/c1-16(2)11-21(34-28(39)22-13-18-19(32-22)5-4-6-23(18)40-3)27(38)33-20(12-17-7-8-31-26(17)37)24(14-29)41-10-9-30-15-25(35)36/h4-6,13,16-17,20-21,24,30,32H,7-12,15H2,1-3H3,(H,31,37)(H,33,38)(H,34,39)(H,35,36)/t17-,20-,21-,24?/m0/s1. The molecule has 1 aliphatic rings. The van der Waals surface area contributed by atoms with Gasteiger partial charge in [0.05, 0.1) is 25.8 Å². The molecule has 222 valence electrons. The third kappa shape index (κ3) is 9.12. The first-order valence-electron chi connectivity index (χ1n) is 13.6. The molecule has 4 atom stereocenters. The molecular weight excluding hydrogens is 548 g/mol. The molecule has 0 radical (unpaired) electrons. The van der Waals surface area contributed by atoms with Gasteiger partial charge in [-0.15, -0.1) is 11.8 Å². The molecule has 2 aromatic rings. The summed E-state index contributed by atoms with van der Waals surface area (Å²) in [5.41, 5.74) is 1.01. The number of carbonyl (C=O) groups is 4. The minimum Gasteiger partial charge on any atom is -0.496 e. The van der Waals surface area contributed by atoms with Gasteiger partial charge in [-0.25, -0.2) is 0 Å². The van der Waals surface area contributed by atoms with E-state index in [1.54, 1.807) is 19.2 Å². The van der Waals surface area contributed by atoms with Crippen molar-refractivity contribution in [1.29, 1.82) is 5.26 Å². The number of thioether (sulfide) groups is 1. The maximum atomic E-state index is 13.6. The molecule has 0 aliphatic carbocycles. The Kier molecular flexibility index (Phi) is 11.9. The molecule has 13 heteroatoms. The van der Waals surface area contributed by atoms with Gasteiger partial charge >= 0.3 is 5.97 Å². The number of nitrogens with one attached hydrogen (secondary N) is 5. The lowest BCUT2D eigenvalue weighted by atomic mass is 9.95. The van der Waals surface area contributed by atoms with E-state index in [4.69, 9.17) is 9.84 Å². The van der Waals surface area contributed by atoms with E-state index < -0.39 is 35.1 Å². The van der Waals surface area contributed by atoms with Crippen molar-refractivity contribution in [2.24, 2.45) is 11.8 Å². The molecule has 0 saturated carbocycles. The molecular formula is C28H38N6O6S. The summed E-state index contributed by atoms with van der Waals surface area (Å²) in [4.78, 5) is 53.0. The summed E-state index contributed by atoms with van der Waals surface area (Å²) in [6, 6.07) is 7.81. The first-order valence-corrected chi connectivity index (χ1v) is 14.7. The fourth-order valence-electron chi connectivity index (χ4n) is 4.78. The Bertz CT molecular complexity index is 1270. The maximum absolute atomic E-state index is 13.6. The third-order valence-electron chi connectivity index (χ3n) is 6.79. The monoisotopic (exact) mass is 586 g/mol. The van der Waals surface area contributed by atoms with Crippen molar-refractivity contribution in [3.63, 3.8) is 0 Å². The predicted molar refractivity (Wildman–Crippen MR) is 156 cm³/mol. The minimum absolute atomic E-state index is 0.0781. The van der Waals surface area contributed by atoms with Crippen LogP contribution < -0.4 is 26.0 Å². The summed E-state index contributed by atoms with van der Waals surface area (Å²) in [5.74, 6) is -1.20. The van der Waals surface area contributed by atoms with E-state index in [0.717, 1.165) is 10.9 Å². The number of carbonyl (C=O) groups excluding carboxylic acids is 3. The second-order valence-electron chi connectivity index (χ2n) is 10.4. The maximum Gasteiger partial charge on any atom is 0.317 e. The Labute approximate surface area is 243 Å². The van der Waals surface area contributed by atoms with Crippen LogP contribution in [-0.2, 0) is 14.4 Å². The number of aliphatic carboxylic acids is 1. The third-order valence-corrected chi connectivity index (χ3v) is 8.02. The van der Waals surface area contributed by atoms with Crippen LogP contribution in [0.15, 0.2) is 24.3 Å². The van der Waals surface area contributed by atoms with E-state index in [1.165, 1.54) is 11.8 Å². The van der Waals surface area contributed by atoms with Gasteiger partial charge in [-0.1, -0.05) is 19.9 Å². The highest BCUT2D eigenvalue weighted by atomic mass is 32.2. The van der Waals surface area contributed by atoms with E-state index in [0.29, 0.717) is 37.4 Å². The number of H-pyrrole nitrogens is 1. The number of carboxylic acid groups (broad SMARTS) is 1. The van der Waals surface area contributed by atoms with Crippen molar-refractivity contribution >= 4 is 46.4 Å². The van der Waals surface area contributed by atoms with Crippen molar-refractivity contribution in [2.45, 2.75) is 50.4 Å². The Morgan fingerprint density at radius 1 is 1.27 bits per heavy atom. The van der Waals surface area contributed by atoms with Crippen LogP contribution in [0.5, 0.6) is 5.75 Å². The largest absolute Gasteiger partial charge is 0.496 e. The number of nitriles is 1. The summed E-state index contributed by atoms with van der Waals surface area (Å²) >= 11 is 1.28. The first kappa shape index (κ1) is 31.8. The lowest BCUT2D eigenvalue weighted by molar-refractivity contribution is -0.136. The van der Waals surface area contributed by atoms with Crippen molar-refractivity contribution in [3.8, 4) is 11.8 Å². The number of amides is 3. The molecule has 1 aliphatic heterocycles. The van der Waals surface area contributed by atoms with E-state index in [9.17, 15) is 24.4 Å². The van der Waals surface area contributed by atoms with Gasteiger partial charge in [0.1, 0.15) is 22.7 Å². The highest BCUT2D eigenvalue weighted by molar-refractivity contribution is 8.00. The van der Waals surface area contributed by atoms with E-state index in [2.05, 4.69) is 32.3 Å².